The summed E-state index contributed by atoms with van der Waals surface area (Å²) >= 11 is 0. The van der Waals surface area contributed by atoms with Crippen molar-refractivity contribution >= 4 is 11.6 Å². The van der Waals surface area contributed by atoms with E-state index in [2.05, 4.69) is 5.32 Å². The maximum Gasteiger partial charge on any atom is 0.269 e. The zero-order valence-electron chi connectivity index (χ0n) is 11.2. The van der Waals surface area contributed by atoms with E-state index < -0.39 is 10.5 Å². The number of hydrogen-bond donors (Lipinski definition) is 2. The molecule has 2 N–H and O–H groups in total. The minimum atomic E-state index is -0.502. The van der Waals surface area contributed by atoms with Crippen molar-refractivity contribution in [2.24, 2.45) is 0 Å². The molecule has 0 saturated heterocycles. The Morgan fingerprint density at radius 2 is 2.10 bits per heavy atom. The Balaban J connectivity index is 2.01. The molecule has 20 heavy (non-hydrogen) atoms. The first-order valence-electron chi connectivity index (χ1n) is 6.70. The highest BCUT2D eigenvalue weighted by Crippen LogP contribution is 2.29. The van der Waals surface area contributed by atoms with E-state index in [4.69, 9.17) is 0 Å². The van der Waals surface area contributed by atoms with Crippen LogP contribution in [0.15, 0.2) is 24.3 Å². The quantitative estimate of drug-likeness (QED) is 0.631. The van der Waals surface area contributed by atoms with Gasteiger partial charge in [0.2, 0.25) is 5.91 Å². The number of hydrogen-bond acceptors (Lipinski definition) is 4. The lowest BCUT2D eigenvalue weighted by atomic mass is 9.98. The third-order valence-electron chi connectivity index (χ3n) is 3.75. The van der Waals surface area contributed by atoms with Crippen LogP contribution in [-0.4, -0.2) is 28.1 Å². The van der Waals surface area contributed by atoms with Crippen LogP contribution in [0.25, 0.3) is 0 Å². The summed E-state index contributed by atoms with van der Waals surface area (Å²) in [6.45, 7) is -0.0618. The van der Waals surface area contributed by atoms with Crippen LogP contribution in [0.4, 0.5) is 5.69 Å². The van der Waals surface area contributed by atoms with Gasteiger partial charge in [-0.3, -0.25) is 14.9 Å². The molecule has 0 unspecified atom stereocenters. The largest absolute Gasteiger partial charge is 0.394 e. The van der Waals surface area contributed by atoms with E-state index >= 15 is 0 Å². The van der Waals surface area contributed by atoms with E-state index in [0.717, 1.165) is 25.7 Å². The van der Waals surface area contributed by atoms with Crippen LogP contribution in [-0.2, 0) is 11.2 Å². The van der Waals surface area contributed by atoms with E-state index in [1.165, 1.54) is 12.1 Å². The number of benzene rings is 1. The molecule has 0 aliphatic heterocycles. The molecule has 1 saturated carbocycles. The van der Waals surface area contributed by atoms with Gasteiger partial charge in [0, 0.05) is 12.1 Å². The predicted molar refractivity (Wildman–Crippen MR) is 73.2 cm³/mol. The molecule has 0 atom stereocenters. The van der Waals surface area contributed by atoms with Gasteiger partial charge >= 0.3 is 0 Å². The third-order valence-corrected chi connectivity index (χ3v) is 3.75. The Bertz CT molecular complexity index is 510. The van der Waals surface area contributed by atoms with Crippen LogP contribution in [0.1, 0.15) is 31.2 Å². The predicted octanol–water partition coefficient (Wildman–Crippen LogP) is 1.56. The molecule has 1 aliphatic rings. The summed E-state index contributed by atoms with van der Waals surface area (Å²) in [6.07, 6.45) is 3.65. The Kier molecular flexibility index (Phi) is 4.34. The zero-order valence-corrected chi connectivity index (χ0v) is 11.2. The Morgan fingerprint density at radius 3 is 2.70 bits per heavy atom. The Morgan fingerprint density at radius 1 is 1.40 bits per heavy atom. The first-order chi connectivity index (χ1) is 9.54. The van der Waals surface area contributed by atoms with Gasteiger partial charge in [0.05, 0.1) is 23.5 Å². The summed E-state index contributed by atoms with van der Waals surface area (Å²) in [5.41, 5.74) is 0.0773. The minimum absolute atomic E-state index is 0.0203. The summed E-state index contributed by atoms with van der Waals surface area (Å²) in [5, 5.41) is 23.0. The normalized spacial score (nSPS) is 16.9. The monoisotopic (exact) mass is 278 g/mol. The highest BCUT2D eigenvalue weighted by molar-refractivity contribution is 5.79. The van der Waals surface area contributed by atoms with Crippen molar-refractivity contribution in [3.05, 3.63) is 39.9 Å². The smallest absolute Gasteiger partial charge is 0.269 e. The molecule has 0 radical (unpaired) electrons. The second-order valence-corrected chi connectivity index (χ2v) is 5.30. The van der Waals surface area contributed by atoms with Crippen LogP contribution in [0.2, 0.25) is 0 Å². The van der Waals surface area contributed by atoms with Crippen LogP contribution in [0.3, 0.4) is 0 Å². The second-order valence-electron chi connectivity index (χ2n) is 5.30. The number of carbonyl (C=O) groups is 1. The molecular weight excluding hydrogens is 260 g/mol. The number of aliphatic hydroxyl groups excluding tert-OH is 1. The molecule has 6 heteroatoms. The number of carbonyl (C=O) groups excluding carboxylic acids is 1. The molecule has 108 valence electrons. The number of non-ortho nitro benzene ring substituents is 1. The molecule has 1 fully saturated rings. The van der Waals surface area contributed by atoms with E-state index in [0.29, 0.717) is 5.56 Å². The van der Waals surface area contributed by atoms with Crippen molar-refractivity contribution in [2.45, 2.75) is 37.6 Å². The molecule has 1 amide bonds. The molecule has 1 aromatic carbocycles. The minimum Gasteiger partial charge on any atom is -0.394 e. The number of nitrogens with zero attached hydrogens (tertiary/aromatic N) is 1. The fraction of sp³-hybridized carbons (Fsp3) is 0.500. The lowest BCUT2D eigenvalue weighted by Crippen LogP contribution is -2.49. The maximum atomic E-state index is 12.0. The maximum absolute atomic E-state index is 12.0. The van der Waals surface area contributed by atoms with Gasteiger partial charge in [-0.15, -0.1) is 0 Å². The highest BCUT2D eigenvalue weighted by Gasteiger charge is 2.34. The van der Waals surface area contributed by atoms with Gasteiger partial charge < -0.3 is 10.4 Å². The van der Waals surface area contributed by atoms with Gasteiger partial charge in [-0.1, -0.05) is 25.0 Å². The van der Waals surface area contributed by atoms with Crippen molar-refractivity contribution in [2.75, 3.05) is 6.61 Å². The first kappa shape index (κ1) is 14.5. The van der Waals surface area contributed by atoms with E-state index in [1.54, 1.807) is 12.1 Å². The fourth-order valence-corrected chi connectivity index (χ4v) is 2.68. The average molecular weight is 278 g/mol. The average Bonchev–Trinajstić information content (AvgIpc) is 2.88. The van der Waals surface area contributed by atoms with Gasteiger partial charge in [0.25, 0.3) is 5.69 Å². The standard InChI is InChI=1S/C14H18N2O4/c17-10-14(6-1-2-7-14)15-13(18)9-11-4-3-5-12(8-11)16(19)20/h3-5,8,17H,1-2,6-7,9-10H2,(H,15,18). The second kappa shape index (κ2) is 6.00. The number of nitrogens with one attached hydrogen (secondary N) is 1. The van der Waals surface area contributed by atoms with Gasteiger partial charge in [-0.05, 0) is 18.4 Å². The van der Waals surface area contributed by atoms with Crippen LogP contribution < -0.4 is 5.32 Å². The summed E-state index contributed by atoms with van der Waals surface area (Å²) in [5.74, 6) is -0.207. The van der Waals surface area contributed by atoms with Crippen molar-refractivity contribution in [3.8, 4) is 0 Å². The number of amides is 1. The summed E-state index contributed by atoms with van der Waals surface area (Å²) in [4.78, 5) is 22.2. The zero-order chi connectivity index (χ0) is 14.6. The van der Waals surface area contributed by atoms with Crippen LogP contribution >= 0.6 is 0 Å². The topological polar surface area (TPSA) is 92.5 Å². The molecular formula is C14H18N2O4. The lowest BCUT2D eigenvalue weighted by molar-refractivity contribution is -0.384. The van der Waals surface area contributed by atoms with Crippen molar-refractivity contribution in [1.82, 2.24) is 5.32 Å². The highest BCUT2D eigenvalue weighted by atomic mass is 16.6. The van der Waals surface area contributed by atoms with Gasteiger partial charge in [-0.25, -0.2) is 0 Å². The van der Waals surface area contributed by atoms with E-state index in [1.807, 2.05) is 0 Å². The Labute approximate surface area is 117 Å². The molecule has 2 rings (SSSR count). The summed E-state index contributed by atoms with van der Waals surface area (Å²) in [6, 6.07) is 6.05. The van der Waals surface area contributed by atoms with Crippen LogP contribution in [0.5, 0.6) is 0 Å². The third kappa shape index (κ3) is 3.33. The molecule has 6 nitrogen and oxygen atoms in total. The summed E-state index contributed by atoms with van der Waals surface area (Å²) in [7, 11) is 0. The van der Waals surface area contributed by atoms with Crippen LogP contribution in [0, 0.1) is 10.1 Å². The van der Waals surface area contributed by atoms with Crippen molar-refractivity contribution < 1.29 is 14.8 Å². The molecule has 0 bridgehead atoms. The molecule has 1 aromatic rings. The number of rotatable bonds is 5. The number of aliphatic hydroxyl groups is 1. The molecule has 0 aromatic heterocycles. The van der Waals surface area contributed by atoms with E-state index in [-0.39, 0.29) is 24.6 Å². The SMILES string of the molecule is O=C(Cc1cccc([N+](=O)[O-])c1)NC1(CO)CCCC1. The van der Waals surface area contributed by atoms with Gasteiger partial charge in [-0.2, -0.15) is 0 Å². The van der Waals surface area contributed by atoms with E-state index in [9.17, 15) is 20.0 Å². The lowest BCUT2D eigenvalue weighted by Gasteiger charge is -2.28. The fourth-order valence-electron chi connectivity index (χ4n) is 2.68. The molecule has 1 aliphatic carbocycles. The van der Waals surface area contributed by atoms with Gasteiger partial charge in [0.1, 0.15) is 0 Å². The number of nitro benzene ring substituents is 1. The molecule has 0 spiro atoms. The first-order valence-corrected chi connectivity index (χ1v) is 6.70. The van der Waals surface area contributed by atoms with Crippen molar-refractivity contribution in [3.63, 3.8) is 0 Å². The van der Waals surface area contributed by atoms with Crippen molar-refractivity contribution in [1.29, 1.82) is 0 Å². The molecule has 0 heterocycles. The van der Waals surface area contributed by atoms with Gasteiger partial charge in [0.15, 0.2) is 0 Å². The number of nitro groups is 1. The summed E-state index contributed by atoms with van der Waals surface area (Å²) < 4.78 is 0. The Hall–Kier alpha value is -1.95.